The molecule has 13 heteroatoms. The van der Waals surface area contributed by atoms with Crippen molar-refractivity contribution in [2.75, 3.05) is 57.1 Å². The zero-order valence-electron chi connectivity index (χ0n) is 23.9. The number of nitrogens with two attached hydrogens (primary N) is 1. The van der Waals surface area contributed by atoms with Gasteiger partial charge < -0.3 is 31.2 Å². The first-order valence-corrected chi connectivity index (χ1v) is 13.1. The third-order valence-corrected chi connectivity index (χ3v) is 6.04. The van der Waals surface area contributed by atoms with Crippen molar-refractivity contribution in [1.29, 1.82) is 5.41 Å². The Morgan fingerprint density at radius 2 is 2.07 bits per heavy atom. The first-order valence-electron chi connectivity index (χ1n) is 13.1. The molecule has 1 aromatic heterocycles. The molecule has 0 atom stereocenters. The van der Waals surface area contributed by atoms with E-state index in [-0.39, 0.29) is 34.0 Å². The lowest BCUT2D eigenvalue weighted by molar-refractivity contribution is 0.0398. The summed E-state index contributed by atoms with van der Waals surface area (Å²) in [6.45, 7) is 13.9. The Bertz CT molecular complexity index is 1320. The highest BCUT2D eigenvalue weighted by Gasteiger charge is 2.20. The predicted octanol–water partition coefficient (Wildman–Crippen LogP) is 3.24. The topological polar surface area (TPSA) is 163 Å². The van der Waals surface area contributed by atoms with Gasteiger partial charge in [-0.05, 0) is 24.4 Å². The van der Waals surface area contributed by atoms with Crippen LogP contribution < -0.4 is 21.7 Å². The fourth-order valence-electron chi connectivity index (χ4n) is 3.89. The van der Waals surface area contributed by atoms with E-state index < -0.39 is 11.7 Å². The highest BCUT2D eigenvalue weighted by molar-refractivity contribution is 6.09. The average molecular weight is 568 g/mol. The number of morpholine rings is 1. The predicted molar refractivity (Wildman–Crippen MR) is 158 cm³/mol. The second-order valence-corrected chi connectivity index (χ2v) is 10.2. The zero-order chi connectivity index (χ0) is 30.0. The number of nitrogens with zero attached hydrogens (tertiary/aromatic N) is 4. The van der Waals surface area contributed by atoms with Crippen molar-refractivity contribution in [2.45, 2.75) is 20.8 Å². The highest BCUT2D eigenvalue weighted by Crippen LogP contribution is 2.25. The quantitative estimate of drug-likeness (QED) is 0.156. The number of methoxy groups -OCH3 is 1. The van der Waals surface area contributed by atoms with Crippen LogP contribution in [0.25, 0.3) is 0 Å². The molecule has 0 bridgehead atoms. The van der Waals surface area contributed by atoms with Gasteiger partial charge in [0, 0.05) is 43.2 Å². The van der Waals surface area contributed by atoms with Crippen molar-refractivity contribution < 1.29 is 18.7 Å². The van der Waals surface area contributed by atoms with Crippen molar-refractivity contribution in [3.63, 3.8) is 0 Å². The Morgan fingerprint density at radius 1 is 1.34 bits per heavy atom. The Kier molecular flexibility index (Phi) is 10.9. The molecule has 0 unspecified atom stereocenters. The molecule has 2 heterocycles. The summed E-state index contributed by atoms with van der Waals surface area (Å²) in [6.07, 6.45) is 4.38. The molecule has 0 spiro atoms. The summed E-state index contributed by atoms with van der Waals surface area (Å²) in [5.41, 5.74) is 6.47. The normalized spacial score (nSPS) is 14.8. The Balaban J connectivity index is 1.80. The fraction of sp³-hybridized carbons (Fsp3) is 0.393. The number of hydrogen-bond donors (Lipinski definition) is 5. The van der Waals surface area contributed by atoms with Gasteiger partial charge in [-0.2, -0.15) is 0 Å². The van der Waals surface area contributed by atoms with Crippen molar-refractivity contribution in [1.82, 2.24) is 20.2 Å². The molecule has 1 aromatic carbocycles. The molecular weight excluding hydrogens is 529 g/mol. The largest absolute Gasteiger partial charge is 0.500 e. The van der Waals surface area contributed by atoms with E-state index in [9.17, 15) is 9.18 Å². The van der Waals surface area contributed by atoms with Crippen molar-refractivity contribution in [2.24, 2.45) is 16.1 Å². The molecule has 220 valence electrons. The van der Waals surface area contributed by atoms with Crippen LogP contribution in [0.1, 0.15) is 36.8 Å². The molecule has 3 rings (SSSR count). The minimum absolute atomic E-state index is 0.0865. The van der Waals surface area contributed by atoms with E-state index in [2.05, 4.69) is 42.4 Å². The number of benzene rings is 1. The van der Waals surface area contributed by atoms with Gasteiger partial charge in [-0.25, -0.2) is 19.4 Å². The number of aliphatic imine (C=N–C) groups is 1. The second-order valence-electron chi connectivity index (χ2n) is 10.2. The second kappa shape index (κ2) is 14.3. The molecule has 0 aliphatic carbocycles. The van der Waals surface area contributed by atoms with Gasteiger partial charge in [-0.15, -0.1) is 0 Å². The number of carbonyl (C=O) groups is 1. The van der Waals surface area contributed by atoms with Gasteiger partial charge in [0.2, 0.25) is 5.95 Å². The minimum atomic E-state index is -0.690. The fourth-order valence-corrected chi connectivity index (χ4v) is 3.89. The van der Waals surface area contributed by atoms with E-state index in [1.807, 2.05) is 20.8 Å². The number of carbonyl (C=O) groups excluding carboxylic acids is 1. The number of anilines is 2. The van der Waals surface area contributed by atoms with Crippen molar-refractivity contribution >= 4 is 34.9 Å². The van der Waals surface area contributed by atoms with Gasteiger partial charge >= 0.3 is 0 Å². The molecule has 1 aliphatic rings. The van der Waals surface area contributed by atoms with E-state index in [1.165, 1.54) is 37.7 Å². The maximum absolute atomic E-state index is 14.7. The maximum Gasteiger partial charge on any atom is 0.256 e. The summed E-state index contributed by atoms with van der Waals surface area (Å²) in [7, 11) is 1.50. The number of amidine groups is 2. The summed E-state index contributed by atoms with van der Waals surface area (Å²) in [4.78, 5) is 28.1. The average Bonchev–Trinajstić information content (AvgIpc) is 2.93. The number of ether oxygens (including phenoxy) is 2. The number of amides is 1. The minimum Gasteiger partial charge on any atom is -0.500 e. The van der Waals surface area contributed by atoms with E-state index in [1.54, 1.807) is 0 Å². The molecule has 12 nitrogen and oxygen atoms in total. The summed E-state index contributed by atoms with van der Waals surface area (Å²) >= 11 is 0. The lowest BCUT2D eigenvalue weighted by Crippen LogP contribution is -2.39. The molecule has 1 amide bonds. The van der Waals surface area contributed by atoms with E-state index >= 15 is 0 Å². The van der Waals surface area contributed by atoms with Gasteiger partial charge in [0.1, 0.15) is 28.8 Å². The van der Waals surface area contributed by atoms with Crippen LogP contribution in [0, 0.1) is 16.6 Å². The SMILES string of the molecule is C=CNc1cnc(NCCN2CCOCC2)nc1C(N)=Nc1cc(C(=O)NC(=N)/C=C(\OC)C(C)(C)C)ccc1F. The Labute approximate surface area is 239 Å². The van der Waals surface area contributed by atoms with Gasteiger partial charge in [-0.1, -0.05) is 27.4 Å². The summed E-state index contributed by atoms with van der Waals surface area (Å²) < 4.78 is 25.4. The van der Waals surface area contributed by atoms with E-state index in [4.69, 9.17) is 20.6 Å². The molecule has 1 saturated heterocycles. The number of nitrogens with one attached hydrogen (secondary N) is 4. The zero-order valence-corrected chi connectivity index (χ0v) is 23.9. The Hall–Kier alpha value is -4.36. The molecule has 41 heavy (non-hydrogen) atoms. The standard InChI is InChI=1S/C28H38FN9O3/c1-6-32-21-17-34-27(33-9-10-38-11-13-41-14-12-38)37-24(21)25(31)35-20-15-18(7-8-19(20)29)26(39)36-23(30)16-22(40-5)28(2,3)4/h6-8,15-17,32H,1,9-14H2,2-5H3,(H2,31,35)(H2,30,36,39)(H,33,34,37)/b22-16-. The summed E-state index contributed by atoms with van der Waals surface area (Å²) in [5.74, 6) is -0.741. The smallest absolute Gasteiger partial charge is 0.256 e. The third-order valence-electron chi connectivity index (χ3n) is 6.04. The van der Waals surface area contributed by atoms with Crippen LogP contribution in [0.3, 0.4) is 0 Å². The Morgan fingerprint density at radius 3 is 2.73 bits per heavy atom. The molecule has 1 fully saturated rings. The molecule has 2 aromatic rings. The maximum atomic E-state index is 14.7. The lowest BCUT2D eigenvalue weighted by Gasteiger charge is -2.26. The van der Waals surface area contributed by atoms with Gasteiger partial charge in [0.25, 0.3) is 5.91 Å². The first kappa shape index (κ1) is 31.2. The highest BCUT2D eigenvalue weighted by atomic mass is 19.1. The van der Waals surface area contributed by atoms with Crippen LogP contribution in [0.5, 0.6) is 0 Å². The molecular formula is C28H38FN9O3. The van der Waals surface area contributed by atoms with Gasteiger partial charge in [0.15, 0.2) is 5.84 Å². The number of allylic oxidation sites excluding steroid dienone is 1. The number of halogens is 1. The van der Waals surface area contributed by atoms with Crippen LogP contribution in [0.4, 0.5) is 21.7 Å². The monoisotopic (exact) mass is 567 g/mol. The van der Waals surface area contributed by atoms with Gasteiger partial charge in [0.05, 0.1) is 32.2 Å². The van der Waals surface area contributed by atoms with Gasteiger partial charge in [-0.3, -0.25) is 15.1 Å². The van der Waals surface area contributed by atoms with Crippen LogP contribution in [-0.2, 0) is 9.47 Å². The van der Waals surface area contributed by atoms with Crippen molar-refractivity contribution in [3.8, 4) is 0 Å². The molecule has 0 radical (unpaired) electrons. The van der Waals surface area contributed by atoms with Crippen LogP contribution >= 0.6 is 0 Å². The number of hydrogen-bond acceptors (Lipinski definition) is 10. The van der Waals surface area contributed by atoms with Crippen LogP contribution in [-0.4, -0.2) is 78.9 Å². The first-order chi connectivity index (χ1) is 19.5. The van der Waals surface area contributed by atoms with E-state index in [0.29, 0.717) is 37.2 Å². The molecule has 6 N–H and O–H groups in total. The van der Waals surface area contributed by atoms with Crippen LogP contribution in [0.15, 0.2) is 54.0 Å². The summed E-state index contributed by atoms with van der Waals surface area (Å²) in [5, 5.41) is 16.7. The molecule has 1 aliphatic heterocycles. The van der Waals surface area contributed by atoms with E-state index in [0.717, 1.165) is 25.7 Å². The number of aromatic nitrogens is 2. The lowest BCUT2D eigenvalue weighted by atomic mass is 9.93. The summed E-state index contributed by atoms with van der Waals surface area (Å²) in [6, 6.07) is 3.65. The number of rotatable bonds is 11. The third kappa shape index (κ3) is 9.08. The van der Waals surface area contributed by atoms with Crippen LogP contribution in [0.2, 0.25) is 0 Å². The van der Waals surface area contributed by atoms with Crippen molar-refractivity contribution in [3.05, 3.63) is 66.1 Å². The molecule has 0 saturated carbocycles.